The van der Waals surface area contributed by atoms with Crippen LogP contribution in [0.1, 0.15) is 39.0 Å². The summed E-state index contributed by atoms with van der Waals surface area (Å²) in [5.74, 6) is -0.928. The number of rotatable bonds is 5. The van der Waals surface area contributed by atoms with Gasteiger partial charge in [0.25, 0.3) is 0 Å². The van der Waals surface area contributed by atoms with Gasteiger partial charge >= 0.3 is 6.36 Å². The van der Waals surface area contributed by atoms with Crippen LogP contribution in [0.5, 0.6) is 5.75 Å². The van der Waals surface area contributed by atoms with Crippen molar-refractivity contribution >= 4 is 23.2 Å². The monoisotopic (exact) mass is 364 g/mol. The molecular formula is C16H20ClF3N2O2. The average Bonchev–Trinajstić information content (AvgIpc) is 2.49. The quantitative estimate of drug-likeness (QED) is 0.809. The molecule has 8 heteroatoms. The lowest BCUT2D eigenvalue weighted by atomic mass is 9.75. The van der Waals surface area contributed by atoms with E-state index in [9.17, 15) is 18.0 Å². The fourth-order valence-corrected chi connectivity index (χ4v) is 3.35. The van der Waals surface area contributed by atoms with Crippen molar-refractivity contribution in [2.75, 3.05) is 5.32 Å². The van der Waals surface area contributed by atoms with Crippen molar-refractivity contribution in [1.29, 1.82) is 0 Å². The summed E-state index contributed by atoms with van der Waals surface area (Å²) in [4.78, 5) is 12.0. The van der Waals surface area contributed by atoms with Crippen LogP contribution in [0.15, 0.2) is 18.2 Å². The zero-order valence-electron chi connectivity index (χ0n) is 13.3. The van der Waals surface area contributed by atoms with Crippen molar-refractivity contribution in [2.24, 2.45) is 11.7 Å². The van der Waals surface area contributed by atoms with E-state index in [-0.39, 0.29) is 10.9 Å². The molecule has 1 aromatic rings. The maximum Gasteiger partial charge on any atom is 0.573 e. The molecule has 1 aromatic carbocycles. The van der Waals surface area contributed by atoms with Crippen LogP contribution in [-0.4, -0.2) is 17.8 Å². The number of hydrogen-bond acceptors (Lipinski definition) is 3. The van der Waals surface area contributed by atoms with Gasteiger partial charge in [-0.15, -0.1) is 13.2 Å². The van der Waals surface area contributed by atoms with Crippen molar-refractivity contribution < 1.29 is 22.7 Å². The van der Waals surface area contributed by atoms with Crippen LogP contribution in [0.25, 0.3) is 0 Å². The molecule has 2 rings (SSSR count). The van der Waals surface area contributed by atoms with E-state index >= 15 is 0 Å². The second kappa shape index (κ2) is 7.09. The maximum absolute atomic E-state index is 12.3. The highest BCUT2D eigenvalue weighted by Gasteiger charge is 2.40. The fraction of sp³-hybridized carbons (Fsp3) is 0.562. The largest absolute Gasteiger partial charge is 0.573 e. The lowest BCUT2D eigenvalue weighted by Crippen LogP contribution is -2.54. The Balaban J connectivity index is 2.20. The van der Waals surface area contributed by atoms with Crippen LogP contribution in [0, 0.1) is 5.92 Å². The van der Waals surface area contributed by atoms with E-state index in [1.807, 2.05) is 0 Å². The molecule has 1 aliphatic carbocycles. The van der Waals surface area contributed by atoms with E-state index < -0.39 is 23.6 Å². The van der Waals surface area contributed by atoms with Gasteiger partial charge < -0.3 is 15.8 Å². The first kappa shape index (κ1) is 18.7. The van der Waals surface area contributed by atoms with Gasteiger partial charge in [0, 0.05) is 5.69 Å². The van der Waals surface area contributed by atoms with Crippen molar-refractivity contribution in [3.05, 3.63) is 23.2 Å². The summed E-state index contributed by atoms with van der Waals surface area (Å²) < 4.78 is 40.7. The summed E-state index contributed by atoms with van der Waals surface area (Å²) in [6.07, 6.45) is 0.0939. The lowest BCUT2D eigenvalue weighted by Gasteiger charge is -2.38. The summed E-state index contributed by atoms with van der Waals surface area (Å²) in [7, 11) is 0. The minimum Gasteiger partial charge on any atom is -0.404 e. The third kappa shape index (κ3) is 4.47. The molecule has 4 nitrogen and oxygen atoms in total. The lowest BCUT2D eigenvalue weighted by molar-refractivity contribution is -0.274. The van der Waals surface area contributed by atoms with E-state index in [0.29, 0.717) is 5.69 Å². The Morgan fingerprint density at radius 2 is 1.92 bits per heavy atom. The molecule has 1 saturated carbocycles. The molecule has 1 amide bonds. The minimum atomic E-state index is -4.82. The number of primary amides is 1. The molecule has 0 aliphatic heterocycles. The first-order valence-corrected chi connectivity index (χ1v) is 8.13. The molecule has 0 heterocycles. The van der Waals surface area contributed by atoms with Gasteiger partial charge in [-0.2, -0.15) is 0 Å². The molecule has 0 bridgehead atoms. The number of ether oxygens (including phenoxy) is 1. The zero-order valence-corrected chi connectivity index (χ0v) is 14.0. The van der Waals surface area contributed by atoms with Gasteiger partial charge in [-0.3, -0.25) is 4.79 Å². The van der Waals surface area contributed by atoms with Gasteiger partial charge in [-0.1, -0.05) is 30.9 Å². The van der Waals surface area contributed by atoms with E-state index in [1.54, 1.807) is 6.92 Å². The second-order valence-electron chi connectivity index (χ2n) is 6.22. The summed E-state index contributed by atoms with van der Waals surface area (Å²) in [6.45, 7) is 1.72. The number of anilines is 1. The van der Waals surface area contributed by atoms with E-state index in [0.717, 1.165) is 38.2 Å². The van der Waals surface area contributed by atoms with E-state index in [4.69, 9.17) is 17.3 Å². The third-order valence-electron chi connectivity index (χ3n) is 4.50. The molecule has 0 spiro atoms. The second-order valence-corrected chi connectivity index (χ2v) is 6.63. The Kier molecular flexibility index (Phi) is 5.52. The Morgan fingerprint density at radius 1 is 1.29 bits per heavy atom. The van der Waals surface area contributed by atoms with Gasteiger partial charge in [0.15, 0.2) is 0 Å². The van der Waals surface area contributed by atoms with E-state index in [2.05, 4.69) is 10.1 Å². The molecule has 24 heavy (non-hydrogen) atoms. The highest BCUT2D eigenvalue weighted by Crippen LogP contribution is 2.37. The molecule has 3 N–H and O–H groups in total. The molecule has 134 valence electrons. The summed E-state index contributed by atoms with van der Waals surface area (Å²) in [6, 6.07) is 3.80. The average molecular weight is 365 g/mol. The number of hydrogen-bond donors (Lipinski definition) is 2. The van der Waals surface area contributed by atoms with Crippen molar-refractivity contribution in [2.45, 2.75) is 50.9 Å². The number of carbonyl (C=O) groups excluding carboxylic acids is 1. The topological polar surface area (TPSA) is 64.3 Å². The third-order valence-corrected chi connectivity index (χ3v) is 4.79. The van der Waals surface area contributed by atoms with Crippen LogP contribution in [0.2, 0.25) is 5.02 Å². The summed E-state index contributed by atoms with van der Waals surface area (Å²) in [5, 5.41) is 2.86. The summed E-state index contributed by atoms with van der Waals surface area (Å²) in [5.41, 5.74) is 5.02. The van der Waals surface area contributed by atoms with Crippen LogP contribution in [0.4, 0.5) is 18.9 Å². The molecule has 1 atom stereocenters. The molecule has 1 fully saturated rings. The number of halogens is 4. The van der Waals surface area contributed by atoms with Crippen molar-refractivity contribution in [3.63, 3.8) is 0 Å². The molecule has 0 radical (unpaired) electrons. The Bertz CT molecular complexity index is 603. The van der Waals surface area contributed by atoms with Gasteiger partial charge in [0.05, 0.1) is 5.02 Å². The number of carbonyl (C=O) groups is 1. The molecule has 1 aliphatic rings. The van der Waals surface area contributed by atoms with Crippen molar-refractivity contribution in [1.82, 2.24) is 0 Å². The predicted octanol–water partition coefficient (Wildman–Crippen LogP) is 4.47. The van der Waals surface area contributed by atoms with E-state index in [1.165, 1.54) is 12.1 Å². The SMILES string of the molecule is CC(Nc1ccc(OC(F)(F)F)c(Cl)c1)(C(N)=O)C1CCCCC1. The number of nitrogens with one attached hydrogen (secondary N) is 1. The highest BCUT2D eigenvalue weighted by molar-refractivity contribution is 6.32. The van der Waals surface area contributed by atoms with Crippen LogP contribution in [0.3, 0.4) is 0 Å². The first-order chi connectivity index (χ1) is 11.1. The van der Waals surface area contributed by atoms with Gasteiger partial charge in [0.1, 0.15) is 11.3 Å². The normalized spacial score (nSPS) is 18.7. The van der Waals surface area contributed by atoms with Gasteiger partial charge in [-0.05, 0) is 43.9 Å². The van der Waals surface area contributed by atoms with Crippen LogP contribution < -0.4 is 15.8 Å². The fourth-order valence-electron chi connectivity index (χ4n) is 3.13. The Morgan fingerprint density at radius 3 is 2.42 bits per heavy atom. The van der Waals surface area contributed by atoms with Crippen LogP contribution >= 0.6 is 11.6 Å². The van der Waals surface area contributed by atoms with Gasteiger partial charge in [0.2, 0.25) is 5.91 Å². The maximum atomic E-state index is 12.3. The minimum absolute atomic E-state index is 0.0635. The summed E-state index contributed by atoms with van der Waals surface area (Å²) >= 11 is 5.85. The smallest absolute Gasteiger partial charge is 0.404 e. The molecule has 0 saturated heterocycles. The Labute approximate surface area is 143 Å². The highest BCUT2D eigenvalue weighted by atomic mass is 35.5. The van der Waals surface area contributed by atoms with Crippen molar-refractivity contribution in [3.8, 4) is 5.75 Å². The number of alkyl halides is 3. The number of amides is 1. The zero-order chi connectivity index (χ0) is 18.0. The molecule has 1 unspecified atom stereocenters. The Hall–Kier alpha value is -1.63. The standard InChI is InChI=1S/C16H20ClF3N2O2/c1-15(14(21)23,10-5-3-2-4-6-10)22-11-7-8-13(12(17)9-11)24-16(18,19)20/h7-10,22H,2-6H2,1H3,(H2,21,23). The van der Waals surface area contributed by atoms with Crippen LogP contribution in [-0.2, 0) is 4.79 Å². The number of nitrogens with two attached hydrogens (primary N) is 1. The number of benzene rings is 1. The first-order valence-electron chi connectivity index (χ1n) is 7.75. The van der Waals surface area contributed by atoms with Gasteiger partial charge in [-0.25, -0.2) is 0 Å². The molecular weight excluding hydrogens is 345 g/mol. The predicted molar refractivity (Wildman–Crippen MR) is 85.9 cm³/mol. The molecule has 0 aromatic heterocycles.